The number of carbonyl (C=O) groups is 2. The van der Waals surface area contributed by atoms with Gasteiger partial charge in [0.1, 0.15) is 6.04 Å². The number of nitrogens with one attached hydrogen (secondary N) is 1. The van der Waals surface area contributed by atoms with Gasteiger partial charge in [0.25, 0.3) is 0 Å². The van der Waals surface area contributed by atoms with Gasteiger partial charge in [0.2, 0.25) is 5.91 Å². The van der Waals surface area contributed by atoms with Crippen molar-refractivity contribution in [2.24, 2.45) is 5.92 Å². The van der Waals surface area contributed by atoms with Crippen LogP contribution in [0.3, 0.4) is 0 Å². The van der Waals surface area contributed by atoms with Gasteiger partial charge in [-0.25, -0.2) is 4.79 Å². The molecule has 0 spiro atoms. The van der Waals surface area contributed by atoms with Crippen LogP contribution >= 0.6 is 0 Å². The summed E-state index contributed by atoms with van der Waals surface area (Å²) < 4.78 is 0. The molecular weight excluding hydrogens is 198 g/mol. The molecule has 2 atom stereocenters. The Morgan fingerprint density at radius 1 is 1.47 bits per heavy atom. The molecule has 1 amide bonds. The maximum absolute atomic E-state index is 11.6. The van der Waals surface area contributed by atoms with Crippen molar-refractivity contribution in [1.29, 1.82) is 0 Å². The van der Waals surface area contributed by atoms with Gasteiger partial charge in [0.05, 0.1) is 6.61 Å². The molecule has 0 heterocycles. The second-order valence-corrected chi connectivity index (χ2v) is 3.56. The Kier molecular flexibility index (Phi) is 4.30. The van der Waals surface area contributed by atoms with E-state index in [4.69, 9.17) is 10.2 Å². The predicted octanol–water partition coefficient (Wildman–Crippen LogP) is -0.0956. The summed E-state index contributed by atoms with van der Waals surface area (Å²) in [4.78, 5) is 22.1. The predicted molar refractivity (Wildman–Crippen MR) is 53.1 cm³/mol. The fourth-order valence-electron chi connectivity index (χ4n) is 1.51. The van der Waals surface area contributed by atoms with Crippen LogP contribution in [0.25, 0.3) is 0 Å². The lowest BCUT2D eigenvalue weighted by Gasteiger charge is -2.19. The minimum absolute atomic E-state index is 0.164. The molecule has 0 aromatic rings. The van der Waals surface area contributed by atoms with Gasteiger partial charge in [-0.2, -0.15) is 0 Å². The number of aliphatic hydroxyl groups is 1. The molecule has 0 bridgehead atoms. The number of hydrogen-bond donors (Lipinski definition) is 3. The van der Waals surface area contributed by atoms with Gasteiger partial charge >= 0.3 is 5.97 Å². The Morgan fingerprint density at radius 3 is 2.67 bits per heavy atom. The van der Waals surface area contributed by atoms with Gasteiger partial charge in [-0.1, -0.05) is 12.2 Å². The maximum atomic E-state index is 11.6. The minimum Gasteiger partial charge on any atom is -0.480 e. The lowest BCUT2D eigenvalue weighted by atomic mass is 9.93. The summed E-state index contributed by atoms with van der Waals surface area (Å²) in [6.07, 6.45) is 6.14. The van der Waals surface area contributed by atoms with Crippen LogP contribution in [0.4, 0.5) is 0 Å². The molecule has 1 rings (SSSR count). The first kappa shape index (κ1) is 11.7. The van der Waals surface area contributed by atoms with Crippen LogP contribution in [0, 0.1) is 5.92 Å². The van der Waals surface area contributed by atoms with E-state index in [1.165, 1.54) is 0 Å². The highest BCUT2D eigenvalue weighted by molar-refractivity contribution is 5.85. The van der Waals surface area contributed by atoms with Crippen LogP contribution in [0.1, 0.15) is 19.3 Å². The number of allylic oxidation sites excluding steroid dienone is 2. The molecule has 0 aromatic carbocycles. The van der Waals surface area contributed by atoms with Crippen LogP contribution in [0.5, 0.6) is 0 Å². The lowest BCUT2D eigenvalue weighted by Crippen LogP contribution is -2.45. The third-order valence-corrected chi connectivity index (χ3v) is 2.44. The van der Waals surface area contributed by atoms with E-state index in [9.17, 15) is 9.59 Å². The normalized spacial score (nSPS) is 22.1. The fraction of sp³-hybridized carbons (Fsp3) is 0.600. The standard InChI is InChI=1S/C10H15NO4/c12-6-8(10(14)15)11-9(13)7-4-2-1-3-5-7/h1-2,7-8,12H,3-6H2,(H,11,13)(H,14,15)/t7?,8-/m0/s1. The summed E-state index contributed by atoms with van der Waals surface area (Å²) in [6, 6.07) is -1.19. The monoisotopic (exact) mass is 213 g/mol. The van der Waals surface area contributed by atoms with E-state index in [0.717, 1.165) is 12.8 Å². The van der Waals surface area contributed by atoms with Crippen molar-refractivity contribution >= 4 is 11.9 Å². The average molecular weight is 213 g/mol. The summed E-state index contributed by atoms with van der Waals surface area (Å²) in [5.74, 6) is -1.67. The number of carbonyl (C=O) groups excluding carboxylic acids is 1. The van der Waals surface area contributed by atoms with Crippen LogP contribution in [-0.4, -0.2) is 34.7 Å². The Morgan fingerprint density at radius 2 is 2.20 bits per heavy atom. The van der Waals surface area contributed by atoms with Gasteiger partial charge < -0.3 is 15.5 Å². The SMILES string of the molecule is O=C(N[C@@H](CO)C(=O)O)C1CC=CCC1. The van der Waals surface area contributed by atoms with E-state index >= 15 is 0 Å². The van der Waals surface area contributed by atoms with Crippen LogP contribution in [0.15, 0.2) is 12.2 Å². The Balaban J connectivity index is 2.46. The molecule has 3 N–H and O–H groups in total. The smallest absolute Gasteiger partial charge is 0.328 e. The molecular formula is C10H15NO4. The number of amides is 1. The van der Waals surface area contributed by atoms with E-state index in [1.54, 1.807) is 0 Å². The number of carboxylic acids is 1. The lowest BCUT2D eigenvalue weighted by molar-refractivity contribution is -0.143. The molecule has 84 valence electrons. The van der Waals surface area contributed by atoms with E-state index in [-0.39, 0.29) is 11.8 Å². The average Bonchev–Trinajstić information content (AvgIpc) is 2.26. The van der Waals surface area contributed by atoms with Crippen LogP contribution in [0.2, 0.25) is 0 Å². The maximum Gasteiger partial charge on any atom is 0.328 e. The van der Waals surface area contributed by atoms with Crippen molar-refractivity contribution in [3.63, 3.8) is 0 Å². The number of carboxylic acid groups (broad SMARTS) is 1. The highest BCUT2D eigenvalue weighted by Gasteiger charge is 2.24. The van der Waals surface area contributed by atoms with Crippen molar-refractivity contribution in [1.82, 2.24) is 5.32 Å². The molecule has 0 saturated carbocycles. The van der Waals surface area contributed by atoms with Crippen molar-refractivity contribution in [2.45, 2.75) is 25.3 Å². The first-order valence-electron chi connectivity index (χ1n) is 4.94. The minimum atomic E-state index is -1.21. The molecule has 1 aliphatic carbocycles. The van der Waals surface area contributed by atoms with Crippen molar-refractivity contribution in [2.75, 3.05) is 6.61 Å². The Bertz CT molecular complexity index is 275. The van der Waals surface area contributed by atoms with E-state index in [1.807, 2.05) is 12.2 Å². The van der Waals surface area contributed by atoms with Gasteiger partial charge in [0.15, 0.2) is 0 Å². The third-order valence-electron chi connectivity index (χ3n) is 2.44. The van der Waals surface area contributed by atoms with Gasteiger partial charge in [-0.3, -0.25) is 4.79 Å². The number of aliphatic hydroxyl groups excluding tert-OH is 1. The van der Waals surface area contributed by atoms with Crippen molar-refractivity contribution in [3.8, 4) is 0 Å². The topological polar surface area (TPSA) is 86.6 Å². The highest BCUT2D eigenvalue weighted by Crippen LogP contribution is 2.18. The van der Waals surface area contributed by atoms with Gasteiger partial charge in [-0.05, 0) is 19.3 Å². The molecule has 0 saturated heterocycles. The highest BCUT2D eigenvalue weighted by atomic mass is 16.4. The van der Waals surface area contributed by atoms with Crippen LogP contribution in [-0.2, 0) is 9.59 Å². The quantitative estimate of drug-likeness (QED) is 0.569. The van der Waals surface area contributed by atoms with Crippen LogP contribution < -0.4 is 5.32 Å². The molecule has 0 radical (unpaired) electrons. The Hall–Kier alpha value is -1.36. The molecule has 1 aliphatic rings. The number of aliphatic carboxylic acids is 1. The number of hydrogen-bond acceptors (Lipinski definition) is 3. The summed E-state index contributed by atoms with van der Waals surface area (Å²) in [5.41, 5.74) is 0. The zero-order chi connectivity index (χ0) is 11.3. The fourth-order valence-corrected chi connectivity index (χ4v) is 1.51. The third kappa shape index (κ3) is 3.36. The molecule has 5 nitrogen and oxygen atoms in total. The molecule has 5 heteroatoms. The summed E-state index contributed by atoms with van der Waals surface area (Å²) in [5, 5.41) is 19.7. The number of rotatable bonds is 4. The zero-order valence-corrected chi connectivity index (χ0v) is 8.35. The van der Waals surface area contributed by atoms with Crippen molar-refractivity contribution < 1.29 is 19.8 Å². The van der Waals surface area contributed by atoms with Gasteiger partial charge in [0, 0.05) is 5.92 Å². The summed E-state index contributed by atoms with van der Waals surface area (Å²) >= 11 is 0. The van der Waals surface area contributed by atoms with Gasteiger partial charge in [-0.15, -0.1) is 0 Å². The largest absolute Gasteiger partial charge is 0.480 e. The second kappa shape index (κ2) is 5.50. The summed E-state index contributed by atoms with van der Waals surface area (Å²) in [6.45, 7) is -0.580. The summed E-state index contributed by atoms with van der Waals surface area (Å²) in [7, 11) is 0. The van der Waals surface area contributed by atoms with Crippen molar-refractivity contribution in [3.05, 3.63) is 12.2 Å². The first-order valence-corrected chi connectivity index (χ1v) is 4.94. The van der Waals surface area contributed by atoms with E-state index < -0.39 is 18.6 Å². The van der Waals surface area contributed by atoms with E-state index in [2.05, 4.69) is 5.32 Å². The molecule has 15 heavy (non-hydrogen) atoms. The zero-order valence-electron chi connectivity index (χ0n) is 8.35. The Labute approximate surface area is 87.8 Å². The molecule has 1 unspecified atom stereocenters. The second-order valence-electron chi connectivity index (χ2n) is 3.56. The first-order chi connectivity index (χ1) is 7.15. The molecule has 0 aliphatic heterocycles. The molecule has 0 aromatic heterocycles. The molecule has 0 fully saturated rings. The van der Waals surface area contributed by atoms with E-state index in [0.29, 0.717) is 6.42 Å².